The van der Waals surface area contributed by atoms with E-state index in [-0.39, 0.29) is 29.9 Å². The monoisotopic (exact) mass is 270 g/mol. The van der Waals surface area contributed by atoms with Crippen molar-refractivity contribution in [2.75, 3.05) is 19.6 Å². The number of nitrogens with zero attached hydrogens (tertiary/aromatic N) is 1. The van der Waals surface area contributed by atoms with Crippen LogP contribution in [0.1, 0.15) is 27.2 Å². The van der Waals surface area contributed by atoms with E-state index in [2.05, 4.69) is 16.0 Å². The fourth-order valence-corrected chi connectivity index (χ4v) is 1.98. The van der Waals surface area contributed by atoms with E-state index in [0.717, 1.165) is 0 Å². The van der Waals surface area contributed by atoms with Gasteiger partial charge in [-0.15, -0.1) is 0 Å². The lowest BCUT2D eigenvalue weighted by molar-refractivity contribution is -0.129. The number of carbonyl (C=O) groups is 3. The molecule has 1 saturated heterocycles. The Balaban J connectivity index is 2.23. The molecule has 1 unspecified atom stereocenters. The van der Waals surface area contributed by atoms with Gasteiger partial charge in [0.15, 0.2) is 0 Å². The van der Waals surface area contributed by atoms with E-state index in [1.807, 2.05) is 13.8 Å². The van der Waals surface area contributed by atoms with Crippen LogP contribution in [0.15, 0.2) is 0 Å². The molecule has 4 amide bonds. The molecule has 1 atom stereocenters. The fourth-order valence-electron chi connectivity index (χ4n) is 1.98. The molecule has 0 aromatic rings. The third kappa shape index (κ3) is 5.15. The molecule has 7 nitrogen and oxygen atoms in total. The number of nitrogens with one attached hydrogen (secondary N) is 3. The molecule has 0 bridgehead atoms. The van der Waals surface area contributed by atoms with Gasteiger partial charge in [0.2, 0.25) is 11.8 Å². The maximum atomic E-state index is 11.6. The van der Waals surface area contributed by atoms with E-state index in [1.165, 1.54) is 6.92 Å². The first-order valence-corrected chi connectivity index (χ1v) is 6.48. The molecule has 108 valence electrons. The molecule has 1 rings (SSSR count). The SMILES string of the molecule is CC(=O)NCCNC(=O)NC1CC(=O)N(C(C)C)C1. The Labute approximate surface area is 113 Å². The third-order valence-corrected chi connectivity index (χ3v) is 2.90. The van der Waals surface area contributed by atoms with Crippen molar-refractivity contribution in [1.29, 1.82) is 0 Å². The molecule has 0 spiro atoms. The van der Waals surface area contributed by atoms with Gasteiger partial charge in [-0.2, -0.15) is 0 Å². The van der Waals surface area contributed by atoms with Crippen LogP contribution in [-0.4, -0.2) is 54.5 Å². The van der Waals surface area contributed by atoms with Crippen molar-refractivity contribution in [3.8, 4) is 0 Å². The molecule has 1 aliphatic heterocycles. The number of rotatable bonds is 5. The summed E-state index contributed by atoms with van der Waals surface area (Å²) in [6, 6.07) is -0.299. The van der Waals surface area contributed by atoms with Crippen LogP contribution in [0.4, 0.5) is 4.79 Å². The summed E-state index contributed by atoms with van der Waals surface area (Å²) in [5.74, 6) is -0.0604. The van der Waals surface area contributed by atoms with Gasteiger partial charge in [0.25, 0.3) is 0 Å². The molecular weight excluding hydrogens is 248 g/mol. The van der Waals surface area contributed by atoms with Crippen LogP contribution in [0.3, 0.4) is 0 Å². The topological polar surface area (TPSA) is 90.5 Å². The largest absolute Gasteiger partial charge is 0.355 e. The summed E-state index contributed by atoms with van der Waals surface area (Å²) in [4.78, 5) is 35.6. The van der Waals surface area contributed by atoms with Gasteiger partial charge in [0.1, 0.15) is 0 Å². The fraction of sp³-hybridized carbons (Fsp3) is 0.750. The minimum atomic E-state index is -0.311. The number of hydrogen-bond donors (Lipinski definition) is 3. The molecule has 7 heteroatoms. The van der Waals surface area contributed by atoms with Gasteiger partial charge in [-0.3, -0.25) is 9.59 Å². The molecular formula is C12H22N4O3. The highest BCUT2D eigenvalue weighted by Gasteiger charge is 2.31. The maximum Gasteiger partial charge on any atom is 0.315 e. The first-order chi connectivity index (χ1) is 8.90. The van der Waals surface area contributed by atoms with Crippen LogP contribution in [0.25, 0.3) is 0 Å². The summed E-state index contributed by atoms with van der Waals surface area (Å²) >= 11 is 0. The summed E-state index contributed by atoms with van der Waals surface area (Å²) in [6.45, 7) is 6.63. The van der Waals surface area contributed by atoms with Crippen molar-refractivity contribution in [3.05, 3.63) is 0 Å². The van der Waals surface area contributed by atoms with Gasteiger partial charge in [-0.05, 0) is 13.8 Å². The molecule has 0 radical (unpaired) electrons. The zero-order valence-electron chi connectivity index (χ0n) is 11.7. The number of hydrogen-bond acceptors (Lipinski definition) is 3. The zero-order valence-corrected chi connectivity index (χ0v) is 11.7. The van der Waals surface area contributed by atoms with Crippen molar-refractivity contribution < 1.29 is 14.4 Å². The Hall–Kier alpha value is -1.79. The van der Waals surface area contributed by atoms with Crippen molar-refractivity contribution in [3.63, 3.8) is 0 Å². The Morgan fingerprint density at radius 2 is 1.95 bits per heavy atom. The van der Waals surface area contributed by atoms with E-state index in [1.54, 1.807) is 4.90 Å². The highest BCUT2D eigenvalue weighted by Crippen LogP contribution is 2.13. The molecule has 0 aromatic heterocycles. The maximum absolute atomic E-state index is 11.6. The molecule has 0 aliphatic carbocycles. The number of likely N-dealkylation sites (tertiary alicyclic amines) is 1. The van der Waals surface area contributed by atoms with E-state index >= 15 is 0 Å². The molecule has 1 aliphatic rings. The number of carbonyl (C=O) groups excluding carboxylic acids is 3. The van der Waals surface area contributed by atoms with Crippen LogP contribution in [0.5, 0.6) is 0 Å². The van der Waals surface area contributed by atoms with Gasteiger partial charge in [0.05, 0.1) is 6.04 Å². The van der Waals surface area contributed by atoms with E-state index < -0.39 is 0 Å². The minimum absolute atomic E-state index is 0.0681. The van der Waals surface area contributed by atoms with Gasteiger partial charge >= 0.3 is 6.03 Å². The second-order valence-corrected chi connectivity index (χ2v) is 4.92. The lowest BCUT2D eigenvalue weighted by Gasteiger charge is -2.21. The molecule has 1 fully saturated rings. The average Bonchev–Trinajstić information content (AvgIpc) is 2.65. The minimum Gasteiger partial charge on any atom is -0.355 e. The van der Waals surface area contributed by atoms with E-state index in [0.29, 0.717) is 26.1 Å². The van der Waals surface area contributed by atoms with Gasteiger partial charge in [-0.1, -0.05) is 0 Å². The van der Waals surface area contributed by atoms with Crippen LogP contribution in [0, 0.1) is 0 Å². The Bertz CT molecular complexity index is 357. The Morgan fingerprint density at radius 1 is 1.32 bits per heavy atom. The molecule has 0 saturated carbocycles. The first kappa shape index (κ1) is 15.3. The molecule has 19 heavy (non-hydrogen) atoms. The lowest BCUT2D eigenvalue weighted by Crippen LogP contribution is -2.45. The summed E-state index contributed by atoms with van der Waals surface area (Å²) in [6.07, 6.45) is 0.345. The van der Waals surface area contributed by atoms with Crippen molar-refractivity contribution in [1.82, 2.24) is 20.9 Å². The number of amides is 4. The molecule has 1 heterocycles. The zero-order chi connectivity index (χ0) is 14.4. The predicted octanol–water partition coefficient (Wildman–Crippen LogP) is -0.569. The normalized spacial score (nSPS) is 18.6. The van der Waals surface area contributed by atoms with Gasteiger partial charge < -0.3 is 20.9 Å². The molecule has 3 N–H and O–H groups in total. The van der Waals surface area contributed by atoms with Crippen LogP contribution in [0.2, 0.25) is 0 Å². The summed E-state index contributed by atoms with van der Waals surface area (Å²) in [5, 5.41) is 7.97. The third-order valence-electron chi connectivity index (χ3n) is 2.90. The summed E-state index contributed by atoms with van der Waals surface area (Å²) in [7, 11) is 0. The van der Waals surface area contributed by atoms with Gasteiger partial charge in [-0.25, -0.2) is 4.79 Å². The van der Waals surface area contributed by atoms with Crippen LogP contribution < -0.4 is 16.0 Å². The van der Waals surface area contributed by atoms with Crippen molar-refractivity contribution >= 4 is 17.8 Å². The van der Waals surface area contributed by atoms with E-state index in [9.17, 15) is 14.4 Å². The van der Waals surface area contributed by atoms with Crippen LogP contribution >= 0.6 is 0 Å². The molecule has 0 aromatic carbocycles. The van der Waals surface area contributed by atoms with Crippen molar-refractivity contribution in [2.45, 2.75) is 39.3 Å². The lowest BCUT2D eigenvalue weighted by atomic mass is 10.2. The second-order valence-electron chi connectivity index (χ2n) is 4.92. The first-order valence-electron chi connectivity index (χ1n) is 6.48. The Morgan fingerprint density at radius 3 is 2.47 bits per heavy atom. The predicted molar refractivity (Wildman–Crippen MR) is 70.5 cm³/mol. The number of urea groups is 1. The highest BCUT2D eigenvalue weighted by atomic mass is 16.2. The van der Waals surface area contributed by atoms with Gasteiger partial charge in [0, 0.05) is 39.0 Å². The average molecular weight is 270 g/mol. The Kier molecular flexibility index (Phi) is 5.59. The van der Waals surface area contributed by atoms with Crippen molar-refractivity contribution in [2.24, 2.45) is 0 Å². The summed E-state index contributed by atoms with van der Waals surface area (Å²) in [5.41, 5.74) is 0. The van der Waals surface area contributed by atoms with E-state index in [4.69, 9.17) is 0 Å². The highest BCUT2D eigenvalue weighted by molar-refractivity contribution is 5.81. The second kappa shape index (κ2) is 6.96. The van der Waals surface area contributed by atoms with Crippen LogP contribution in [-0.2, 0) is 9.59 Å². The standard InChI is InChI=1S/C12H22N4O3/c1-8(2)16-7-10(6-11(16)18)15-12(19)14-5-4-13-9(3)17/h8,10H,4-7H2,1-3H3,(H,13,17)(H2,14,15,19). The summed E-state index contributed by atoms with van der Waals surface area (Å²) < 4.78 is 0. The smallest absolute Gasteiger partial charge is 0.315 e. The quantitative estimate of drug-likeness (QED) is 0.584.